The smallest absolute Gasteiger partial charge is 0.349 e. The van der Waals surface area contributed by atoms with E-state index in [-0.39, 0.29) is 17.3 Å². The summed E-state index contributed by atoms with van der Waals surface area (Å²) in [6.07, 6.45) is 0. The number of hydrogen-bond acceptors (Lipinski definition) is 6. The van der Waals surface area contributed by atoms with Gasteiger partial charge in [0.2, 0.25) is 0 Å². The zero-order chi connectivity index (χ0) is 22.5. The number of para-hydroxylation sites is 1. The first-order valence-electron chi connectivity index (χ1n) is 10.6. The molecule has 0 spiro atoms. The number of aromatic nitrogens is 1. The molecule has 1 aliphatic rings. The Balaban J connectivity index is 1.27. The highest BCUT2D eigenvalue weighted by Gasteiger charge is 2.26. The van der Waals surface area contributed by atoms with Crippen molar-refractivity contribution >= 4 is 54.3 Å². The molecule has 1 aliphatic heterocycles. The number of nitrogens with zero attached hydrogens (tertiary/aromatic N) is 3. The molecule has 0 saturated carbocycles. The highest BCUT2D eigenvalue weighted by Crippen LogP contribution is 2.31. The van der Waals surface area contributed by atoms with Crippen molar-refractivity contribution in [3.05, 3.63) is 82.5 Å². The highest BCUT2D eigenvalue weighted by molar-refractivity contribution is 7.22. The monoisotopic (exact) mass is 459 g/mol. The molecule has 1 fully saturated rings. The van der Waals surface area contributed by atoms with Crippen LogP contribution in [0.5, 0.6) is 0 Å². The number of amides is 1. The van der Waals surface area contributed by atoms with Crippen LogP contribution in [0.25, 0.3) is 32.0 Å². The molecule has 3 aromatic carbocycles. The summed E-state index contributed by atoms with van der Waals surface area (Å²) in [7, 11) is 0. The fraction of sp³-hybridized carbons (Fsp3) is 0.160. The van der Waals surface area contributed by atoms with E-state index in [4.69, 9.17) is 4.42 Å². The molecule has 2 aromatic heterocycles. The summed E-state index contributed by atoms with van der Waals surface area (Å²) in [5, 5.41) is 3.42. The van der Waals surface area contributed by atoms with E-state index in [1.807, 2.05) is 41.3 Å². The lowest BCUT2D eigenvalue weighted by Crippen LogP contribution is -2.49. The standard InChI is InChI=1S/C25H18FN3O3S/c26-19-6-3-7-21-22(19)27-25(33-21)29-12-10-28(11-13-29)23(30)18-14-17-16-5-2-1-4-15(16)8-9-20(17)32-24(18)31/h1-9,14H,10-13H2. The van der Waals surface area contributed by atoms with Gasteiger partial charge in [-0.2, -0.15) is 0 Å². The molecular weight excluding hydrogens is 441 g/mol. The molecule has 0 bridgehead atoms. The van der Waals surface area contributed by atoms with E-state index >= 15 is 0 Å². The van der Waals surface area contributed by atoms with Gasteiger partial charge in [-0.25, -0.2) is 14.2 Å². The van der Waals surface area contributed by atoms with Crippen molar-refractivity contribution in [2.75, 3.05) is 31.1 Å². The average Bonchev–Trinajstić information content (AvgIpc) is 3.29. The molecule has 164 valence electrons. The number of halogens is 1. The summed E-state index contributed by atoms with van der Waals surface area (Å²) in [5.41, 5.74) is 0.237. The predicted molar refractivity (Wildman–Crippen MR) is 128 cm³/mol. The quantitative estimate of drug-likeness (QED) is 0.284. The van der Waals surface area contributed by atoms with Crippen LogP contribution in [-0.4, -0.2) is 42.0 Å². The third kappa shape index (κ3) is 3.34. The maximum atomic E-state index is 14.0. The first kappa shape index (κ1) is 19.9. The average molecular weight is 460 g/mol. The van der Waals surface area contributed by atoms with Crippen molar-refractivity contribution in [2.24, 2.45) is 0 Å². The second-order valence-corrected chi connectivity index (χ2v) is 9.02. The molecule has 3 heterocycles. The van der Waals surface area contributed by atoms with E-state index in [2.05, 4.69) is 4.98 Å². The van der Waals surface area contributed by atoms with E-state index in [1.54, 1.807) is 23.1 Å². The van der Waals surface area contributed by atoms with Crippen LogP contribution in [0.15, 0.2) is 69.9 Å². The van der Waals surface area contributed by atoms with Gasteiger partial charge >= 0.3 is 5.63 Å². The predicted octanol–water partition coefficient (Wildman–Crippen LogP) is 4.66. The molecular formula is C25H18FN3O3S. The zero-order valence-electron chi connectivity index (χ0n) is 17.5. The van der Waals surface area contributed by atoms with Gasteiger partial charge in [-0.05, 0) is 35.0 Å². The molecule has 0 radical (unpaired) electrons. The van der Waals surface area contributed by atoms with Gasteiger partial charge in [0, 0.05) is 31.6 Å². The van der Waals surface area contributed by atoms with E-state index in [0.29, 0.717) is 37.3 Å². The van der Waals surface area contributed by atoms with Crippen molar-refractivity contribution < 1.29 is 13.6 Å². The van der Waals surface area contributed by atoms with Crippen LogP contribution in [0.2, 0.25) is 0 Å². The number of fused-ring (bicyclic) bond motifs is 4. The number of piperazine rings is 1. The van der Waals surface area contributed by atoms with Crippen molar-refractivity contribution in [3.63, 3.8) is 0 Å². The van der Waals surface area contributed by atoms with Crippen molar-refractivity contribution in [2.45, 2.75) is 0 Å². The van der Waals surface area contributed by atoms with Crippen molar-refractivity contribution in [3.8, 4) is 0 Å². The Morgan fingerprint density at radius 2 is 1.79 bits per heavy atom. The van der Waals surface area contributed by atoms with Crippen molar-refractivity contribution in [1.29, 1.82) is 0 Å². The lowest BCUT2D eigenvalue weighted by atomic mass is 10.0. The third-order valence-electron chi connectivity index (χ3n) is 6.07. The SMILES string of the molecule is O=C(c1cc2c(ccc3ccccc32)oc1=O)N1CCN(c2nc3c(F)cccc3s2)CC1. The summed E-state index contributed by atoms with van der Waals surface area (Å²) < 4.78 is 20.3. The van der Waals surface area contributed by atoms with Crippen LogP contribution in [-0.2, 0) is 0 Å². The number of carbonyl (C=O) groups is 1. The van der Waals surface area contributed by atoms with Gasteiger partial charge in [-0.1, -0.05) is 47.7 Å². The van der Waals surface area contributed by atoms with Gasteiger partial charge in [0.1, 0.15) is 22.5 Å². The van der Waals surface area contributed by atoms with E-state index in [0.717, 1.165) is 26.0 Å². The molecule has 6 nitrogen and oxygen atoms in total. The maximum Gasteiger partial charge on any atom is 0.349 e. The second-order valence-electron chi connectivity index (χ2n) is 8.01. The Morgan fingerprint density at radius 1 is 0.970 bits per heavy atom. The van der Waals surface area contributed by atoms with Crippen LogP contribution in [0, 0.1) is 5.82 Å². The minimum atomic E-state index is -0.633. The van der Waals surface area contributed by atoms with Gasteiger partial charge in [0.15, 0.2) is 5.13 Å². The van der Waals surface area contributed by atoms with Crippen LogP contribution >= 0.6 is 11.3 Å². The molecule has 0 aliphatic carbocycles. The van der Waals surface area contributed by atoms with Crippen molar-refractivity contribution in [1.82, 2.24) is 9.88 Å². The number of benzene rings is 3. The fourth-order valence-corrected chi connectivity index (χ4v) is 5.36. The largest absolute Gasteiger partial charge is 0.422 e. The Bertz CT molecular complexity index is 1600. The van der Waals surface area contributed by atoms with Crippen LogP contribution in [0.3, 0.4) is 0 Å². The van der Waals surface area contributed by atoms with Gasteiger partial charge in [0.05, 0.1) is 4.70 Å². The van der Waals surface area contributed by atoms with E-state index in [1.165, 1.54) is 17.4 Å². The van der Waals surface area contributed by atoms with E-state index in [9.17, 15) is 14.0 Å². The summed E-state index contributed by atoms with van der Waals surface area (Å²) in [5.74, 6) is -0.673. The lowest BCUT2D eigenvalue weighted by Gasteiger charge is -2.34. The minimum absolute atomic E-state index is 0.0364. The molecule has 6 rings (SSSR count). The molecule has 8 heteroatoms. The maximum absolute atomic E-state index is 14.0. The number of anilines is 1. The fourth-order valence-electron chi connectivity index (χ4n) is 4.33. The molecule has 0 atom stereocenters. The minimum Gasteiger partial charge on any atom is -0.422 e. The molecule has 0 N–H and O–H groups in total. The Morgan fingerprint density at radius 3 is 2.61 bits per heavy atom. The van der Waals surface area contributed by atoms with Gasteiger partial charge in [0.25, 0.3) is 5.91 Å². The first-order chi connectivity index (χ1) is 16.1. The van der Waals surface area contributed by atoms with Gasteiger partial charge < -0.3 is 14.2 Å². The third-order valence-corrected chi connectivity index (χ3v) is 7.15. The lowest BCUT2D eigenvalue weighted by molar-refractivity contribution is 0.0742. The summed E-state index contributed by atoms with van der Waals surface area (Å²) >= 11 is 1.44. The summed E-state index contributed by atoms with van der Waals surface area (Å²) in [6, 6.07) is 18.0. The number of thiazole rings is 1. The van der Waals surface area contributed by atoms with E-state index < -0.39 is 5.63 Å². The molecule has 0 unspecified atom stereocenters. The van der Waals surface area contributed by atoms with Crippen LogP contribution in [0.4, 0.5) is 9.52 Å². The number of carbonyl (C=O) groups excluding carboxylic acids is 1. The highest BCUT2D eigenvalue weighted by atomic mass is 32.1. The molecule has 1 saturated heterocycles. The molecule has 5 aromatic rings. The van der Waals surface area contributed by atoms with Crippen LogP contribution < -0.4 is 10.5 Å². The zero-order valence-corrected chi connectivity index (χ0v) is 18.3. The normalized spacial score (nSPS) is 14.5. The Kier molecular flexibility index (Phi) is 4.62. The Hall–Kier alpha value is -3.78. The first-order valence-corrected chi connectivity index (χ1v) is 11.4. The second kappa shape index (κ2) is 7.67. The van der Waals surface area contributed by atoms with Crippen LogP contribution in [0.1, 0.15) is 10.4 Å². The molecule has 33 heavy (non-hydrogen) atoms. The molecule has 1 amide bonds. The van der Waals surface area contributed by atoms with Gasteiger partial charge in [-0.3, -0.25) is 4.79 Å². The number of rotatable bonds is 2. The summed E-state index contributed by atoms with van der Waals surface area (Å²) in [6.45, 7) is 1.97. The topological polar surface area (TPSA) is 66.7 Å². The number of hydrogen-bond donors (Lipinski definition) is 0. The summed E-state index contributed by atoms with van der Waals surface area (Å²) in [4.78, 5) is 34.0. The van der Waals surface area contributed by atoms with Gasteiger partial charge in [-0.15, -0.1) is 0 Å². The Labute approximate surface area is 191 Å².